The topological polar surface area (TPSA) is 179 Å². The molecule has 4 fully saturated rings. The van der Waals surface area contributed by atoms with E-state index in [0.717, 1.165) is 19.3 Å². The van der Waals surface area contributed by atoms with Crippen LogP contribution in [0.3, 0.4) is 0 Å². The van der Waals surface area contributed by atoms with Gasteiger partial charge in [0.25, 0.3) is 5.91 Å². The predicted octanol–water partition coefficient (Wildman–Crippen LogP) is 8.89. The summed E-state index contributed by atoms with van der Waals surface area (Å²) in [4.78, 5) is 56.7. The number of phenolic OH excluding ortho intramolecular Hbond substituents is 1. The number of phenols is 1. The molecule has 5 aliphatic rings. The number of ether oxygens (including phenoxy) is 1. The number of azide groups is 1. The SMILES string of the molecule is C[C@@H]1CC[C@]2(C)CC[C@]3(C)C(=CC(=O)C4[C@@]5(C)CC[C@@H](OC(=O)CCNC(=O)c6cc(I)c(N=[N+]=[N-])cc6O)[C@@](C)(C(=O)O)[C@@H]5CC[C@]43C)C2[C@H]1C. The molecule has 282 valence electrons. The first-order chi connectivity index (χ1) is 24.3. The molecule has 0 aromatic heterocycles. The standard InChI is InChI=1S/C40H53IN4O7/c1-21-8-12-36(3)15-16-38(5)24(32(36)22(21)2)19-28(47)33-37(4)13-10-30(40(7,35(50)51)29(37)9-14-39(33,38)6)52-31(48)11-17-43-34(49)23-18-25(41)26(44-45-42)20-27(23)46/h18-22,29-30,32-33,46H,8-17H2,1-7H3,(H,43,49)(H,50,51)/t21-,22+,29-,30-,32?,33?,36-,37+,38-,39-,40+/m1/s1. The van der Waals surface area contributed by atoms with Crippen molar-refractivity contribution >= 4 is 51.9 Å². The van der Waals surface area contributed by atoms with Crippen molar-refractivity contribution in [3.8, 4) is 5.75 Å². The molecule has 52 heavy (non-hydrogen) atoms. The number of allylic oxidation sites excluding steroid dienone is 2. The molecule has 12 heteroatoms. The number of ketones is 1. The number of carboxylic acid groups (broad SMARTS) is 1. The third-order valence-electron chi connectivity index (χ3n) is 15.6. The van der Waals surface area contributed by atoms with Gasteiger partial charge in [-0.3, -0.25) is 19.2 Å². The number of aliphatic carboxylic acids is 1. The van der Waals surface area contributed by atoms with Crippen LogP contribution in [0.25, 0.3) is 10.4 Å². The molecule has 0 heterocycles. The van der Waals surface area contributed by atoms with Gasteiger partial charge in [0, 0.05) is 20.9 Å². The van der Waals surface area contributed by atoms with Crippen molar-refractivity contribution in [1.29, 1.82) is 0 Å². The highest BCUT2D eigenvalue weighted by Gasteiger charge is 2.72. The maximum absolute atomic E-state index is 14.7. The lowest BCUT2D eigenvalue weighted by Gasteiger charge is -2.70. The molecule has 0 spiro atoms. The number of nitrogens with one attached hydrogen (secondary N) is 1. The van der Waals surface area contributed by atoms with E-state index < -0.39 is 34.8 Å². The second kappa shape index (κ2) is 13.3. The summed E-state index contributed by atoms with van der Waals surface area (Å²) in [6.07, 6.45) is 7.74. The van der Waals surface area contributed by atoms with Gasteiger partial charge in [-0.1, -0.05) is 52.2 Å². The highest BCUT2D eigenvalue weighted by Crippen LogP contribution is 2.75. The van der Waals surface area contributed by atoms with Gasteiger partial charge in [0.15, 0.2) is 5.78 Å². The van der Waals surface area contributed by atoms with E-state index in [9.17, 15) is 29.4 Å². The largest absolute Gasteiger partial charge is 0.507 e. The van der Waals surface area contributed by atoms with Crippen LogP contribution in [0.1, 0.15) is 117 Å². The van der Waals surface area contributed by atoms with Crippen LogP contribution in [-0.2, 0) is 19.1 Å². The van der Waals surface area contributed by atoms with Crippen molar-refractivity contribution in [2.45, 2.75) is 112 Å². The first kappa shape index (κ1) is 38.6. The van der Waals surface area contributed by atoms with E-state index in [0.29, 0.717) is 40.6 Å². The number of amides is 1. The Kier molecular flexibility index (Phi) is 9.89. The molecule has 11 nitrogen and oxygen atoms in total. The molecule has 2 unspecified atom stereocenters. The number of carboxylic acids is 1. The molecule has 1 amide bonds. The minimum atomic E-state index is -1.41. The lowest BCUT2D eigenvalue weighted by molar-refractivity contribution is -0.221. The average Bonchev–Trinajstić information content (AvgIpc) is 3.07. The highest BCUT2D eigenvalue weighted by atomic mass is 127. The van der Waals surface area contributed by atoms with Crippen molar-refractivity contribution in [2.24, 2.45) is 61.8 Å². The number of halogens is 1. The zero-order valence-corrected chi connectivity index (χ0v) is 33.6. The molecule has 0 radical (unpaired) electrons. The van der Waals surface area contributed by atoms with E-state index in [1.807, 2.05) is 28.7 Å². The molecule has 0 bridgehead atoms. The van der Waals surface area contributed by atoms with Gasteiger partial charge in [-0.25, -0.2) is 0 Å². The van der Waals surface area contributed by atoms with Crippen LogP contribution >= 0.6 is 22.6 Å². The summed E-state index contributed by atoms with van der Waals surface area (Å²) in [5.74, 6) is -1.77. The number of esters is 1. The Hall–Kier alpha value is -3.12. The number of nitrogens with zero attached hydrogens (tertiary/aromatic N) is 3. The van der Waals surface area contributed by atoms with E-state index in [1.54, 1.807) is 6.92 Å². The van der Waals surface area contributed by atoms with Crippen LogP contribution in [0, 0.1) is 60.2 Å². The van der Waals surface area contributed by atoms with E-state index in [-0.39, 0.29) is 63.8 Å². The number of aromatic hydroxyl groups is 1. The Morgan fingerprint density at radius 3 is 2.42 bits per heavy atom. The summed E-state index contributed by atoms with van der Waals surface area (Å²) >= 11 is 1.89. The van der Waals surface area contributed by atoms with E-state index in [4.69, 9.17) is 10.3 Å². The van der Waals surface area contributed by atoms with Crippen molar-refractivity contribution < 1.29 is 34.1 Å². The van der Waals surface area contributed by atoms with E-state index in [2.05, 4.69) is 56.9 Å². The van der Waals surface area contributed by atoms with Crippen molar-refractivity contribution in [3.63, 3.8) is 0 Å². The first-order valence-electron chi connectivity index (χ1n) is 18.8. The van der Waals surface area contributed by atoms with Crippen LogP contribution in [0.2, 0.25) is 0 Å². The maximum Gasteiger partial charge on any atom is 0.313 e. The van der Waals surface area contributed by atoms with Crippen LogP contribution in [0.5, 0.6) is 5.75 Å². The Labute approximate surface area is 319 Å². The van der Waals surface area contributed by atoms with Gasteiger partial charge in [0.1, 0.15) is 17.3 Å². The fourth-order valence-electron chi connectivity index (χ4n) is 12.3. The van der Waals surface area contributed by atoms with E-state index >= 15 is 0 Å². The Balaban J connectivity index is 1.20. The Morgan fingerprint density at radius 1 is 1.04 bits per heavy atom. The summed E-state index contributed by atoms with van der Waals surface area (Å²) in [5.41, 5.74) is 7.89. The number of carbonyl (C=O) groups is 4. The summed E-state index contributed by atoms with van der Waals surface area (Å²) in [7, 11) is 0. The number of benzene rings is 1. The lowest BCUT2D eigenvalue weighted by Crippen LogP contribution is -2.68. The summed E-state index contributed by atoms with van der Waals surface area (Å²) < 4.78 is 6.42. The fourth-order valence-corrected chi connectivity index (χ4v) is 12.8. The molecule has 11 atom stereocenters. The highest BCUT2D eigenvalue weighted by molar-refractivity contribution is 14.1. The molecule has 1 aromatic rings. The molecule has 4 saturated carbocycles. The van der Waals surface area contributed by atoms with Crippen molar-refractivity contribution in [1.82, 2.24) is 5.32 Å². The third kappa shape index (κ3) is 5.67. The molecular weight excluding hydrogens is 775 g/mol. The lowest BCUT2D eigenvalue weighted by atomic mass is 9.33. The molecule has 3 N–H and O–H groups in total. The first-order valence-corrected chi connectivity index (χ1v) is 19.9. The number of hydrogen-bond acceptors (Lipinski definition) is 7. The minimum Gasteiger partial charge on any atom is -0.507 e. The van der Waals surface area contributed by atoms with Gasteiger partial charge in [-0.2, -0.15) is 0 Å². The molecule has 0 aliphatic heterocycles. The van der Waals surface area contributed by atoms with Crippen molar-refractivity contribution in [2.75, 3.05) is 6.54 Å². The summed E-state index contributed by atoms with van der Waals surface area (Å²) in [6.45, 7) is 15.6. The number of hydrogen-bond donors (Lipinski definition) is 3. The van der Waals surface area contributed by atoms with Gasteiger partial charge in [-0.05, 0) is 150 Å². The Bertz CT molecular complexity index is 1790. The molecule has 5 aliphatic carbocycles. The van der Waals surface area contributed by atoms with Crippen LogP contribution in [-0.4, -0.2) is 46.5 Å². The zero-order chi connectivity index (χ0) is 38.2. The predicted molar refractivity (Wildman–Crippen MR) is 203 cm³/mol. The van der Waals surface area contributed by atoms with E-state index in [1.165, 1.54) is 30.5 Å². The van der Waals surface area contributed by atoms with Gasteiger partial charge in [0.05, 0.1) is 17.7 Å². The third-order valence-corrected chi connectivity index (χ3v) is 16.4. The van der Waals surface area contributed by atoms with Gasteiger partial charge in [-0.15, -0.1) is 0 Å². The summed E-state index contributed by atoms with van der Waals surface area (Å²) in [6, 6.07) is 2.58. The molecule has 6 rings (SSSR count). The fraction of sp³-hybridized carbons (Fsp3) is 0.700. The maximum atomic E-state index is 14.7. The number of rotatable bonds is 7. The smallest absolute Gasteiger partial charge is 0.313 e. The number of fused-ring (bicyclic) bond motifs is 7. The van der Waals surface area contributed by atoms with Crippen LogP contribution < -0.4 is 5.32 Å². The molecular formula is C40H53IN4O7. The Morgan fingerprint density at radius 2 is 1.75 bits per heavy atom. The van der Waals surface area contributed by atoms with Crippen LogP contribution in [0.4, 0.5) is 5.69 Å². The van der Waals surface area contributed by atoms with Gasteiger partial charge in [0.2, 0.25) is 0 Å². The number of carbonyl (C=O) groups excluding carboxylic acids is 3. The normalized spacial score (nSPS) is 40.8. The van der Waals surface area contributed by atoms with Gasteiger partial charge >= 0.3 is 11.9 Å². The molecule has 1 aromatic carbocycles. The monoisotopic (exact) mass is 828 g/mol. The quantitative estimate of drug-likeness (QED) is 0.0808. The average molecular weight is 829 g/mol. The second-order valence-electron chi connectivity index (χ2n) is 17.9. The minimum absolute atomic E-state index is 0.0397. The van der Waals surface area contributed by atoms with Crippen LogP contribution in [0.15, 0.2) is 28.9 Å². The zero-order valence-electron chi connectivity index (χ0n) is 31.4. The second-order valence-corrected chi connectivity index (χ2v) is 19.1. The van der Waals surface area contributed by atoms with Crippen molar-refractivity contribution in [3.05, 3.63) is 43.4 Å². The molecule has 0 saturated heterocycles. The van der Waals surface area contributed by atoms with Gasteiger partial charge < -0.3 is 20.3 Å². The summed E-state index contributed by atoms with van der Waals surface area (Å²) in [5, 5.41) is 27.3.